The fraction of sp³-hybridized carbons (Fsp3) is 0.900. The molecule has 1 aliphatic heterocycles. The standard InChI is InChI=1S/C10H21N3O3S/c1-3-17(15,16)13(2)8-10(14)12-7-9-5-4-6-11-9/h9,11H,3-8H2,1-2H3,(H,12,14). The highest BCUT2D eigenvalue weighted by molar-refractivity contribution is 7.89. The largest absolute Gasteiger partial charge is 0.353 e. The van der Waals surface area contributed by atoms with Gasteiger partial charge >= 0.3 is 0 Å². The van der Waals surface area contributed by atoms with Crippen LogP contribution >= 0.6 is 0 Å². The van der Waals surface area contributed by atoms with Gasteiger partial charge in [-0.2, -0.15) is 4.31 Å². The van der Waals surface area contributed by atoms with Gasteiger partial charge in [0.2, 0.25) is 15.9 Å². The van der Waals surface area contributed by atoms with E-state index in [4.69, 9.17) is 0 Å². The summed E-state index contributed by atoms with van der Waals surface area (Å²) in [6.45, 7) is 3.01. The Hall–Kier alpha value is -0.660. The Morgan fingerprint density at radius 1 is 1.53 bits per heavy atom. The summed E-state index contributed by atoms with van der Waals surface area (Å²) in [5.74, 6) is -0.237. The van der Waals surface area contributed by atoms with Gasteiger partial charge < -0.3 is 10.6 Å². The van der Waals surface area contributed by atoms with Crippen molar-refractivity contribution in [3.8, 4) is 0 Å². The van der Waals surface area contributed by atoms with Crippen molar-refractivity contribution in [2.45, 2.75) is 25.8 Å². The third-order valence-electron chi connectivity index (χ3n) is 2.91. The van der Waals surface area contributed by atoms with Crippen LogP contribution in [0.5, 0.6) is 0 Å². The molecule has 2 N–H and O–H groups in total. The molecule has 100 valence electrons. The van der Waals surface area contributed by atoms with Gasteiger partial charge in [0.1, 0.15) is 0 Å². The third-order valence-corrected chi connectivity index (χ3v) is 4.72. The van der Waals surface area contributed by atoms with Gasteiger partial charge in [-0.3, -0.25) is 4.79 Å². The predicted molar refractivity (Wildman–Crippen MR) is 66.1 cm³/mol. The molecule has 1 amide bonds. The molecule has 0 aromatic rings. The molecule has 1 aliphatic rings. The zero-order valence-electron chi connectivity index (χ0n) is 10.4. The molecule has 0 radical (unpaired) electrons. The molecule has 0 aromatic carbocycles. The molecule has 1 atom stereocenters. The average molecular weight is 263 g/mol. The van der Waals surface area contributed by atoms with Crippen molar-refractivity contribution in [1.29, 1.82) is 0 Å². The second-order valence-corrected chi connectivity index (χ2v) is 6.62. The van der Waals surface area contributed by atoms with Crippen LogP contribution in [0.25, 0.3) is 0 Å². The number of likely N-dealkylation sites (N-methyl/N-ethyl adjacent to an activating group) is 1. The molecule has 6 nitrogen and oxygen atoms in total. The van der Waals surface area contributed by atoms with Gasteiger partial charge in [-0.1, -0.05) is 0 Å². The van der Waals surface area contributed by atoms with Crippen molar-refractivity contribution in [2.24, 2.45) is 0 Å². The van der Waals surface area contributed by atoms with Crippen molar-refractivity contribution in [3.05, 3.63) is 0 Å². The Morgan fingerprint density at radius 2 is 2.24 bits per heavy atom. The monoisotopic (exact) mass is 263 g/mol. The van der Waals surface area contributed by atoms with Crippen molar-refractivity contribution in [1.82, 2.24) is 14.9 Å². The molecule has 0 aromatic heterocycles. The minimum absolute atomic E-state index is 0.0148. The minimum atomic E-state index is -3.27. The third kappa shape index (κ3) is 4.61. The second-order valence-electron chi connectivity index (χ2n) is 4.25. The van der Waals surface area contributed by atoms with Crippen molar-refractivity contribution < 1.29 is 13.2 Å². The topological polar surface area (TPSA) is 78.5 Å². The molecule has 1 heterocycles. The van der Waals surface area contributed by atoms with E-state index >= 15 is 0 Å². The summed E-state index contributed by atoms with van der Waals surface area (Å²) in [5, 5.41) is 6.00. The molecule has 1 unspecified atom stereocenters. The molecule has 1 fully saturated rings. The fourth-order valence-corrected chi connectivity index (χ4v) is 2.50. The maximum atomic E-state index is 11.5. The van der Waals surface area contributed by atoms with Gasteiger partial charge in [-0.15, -0.1) is 0 Å². The van der Waals surface area contributed by atoms with Crippen LogP contribution in [0.15, 0.2) is 0 Å². The van der Waals surface area contributed by atoms with E-state index in [1.807, 2.05) is 0 Å². The number of nitrogens with one attached hydrogen (secondary N) is 2. The number of amides is 1. The van der Waals surface area contributed by atoms with E-state index in [-0.39, 0.29) is 18.2 Å². The number of hydrogen-bond donors (Lipinski definition) is 2. The summed E-state index contributed by atoms with van der Waals surface area (Å²) >= 11 is 0. The first-order chi connectivity index (χ1) is 7.95. The summed E-state index contributed by atoms with van der Waals surface area (Å²) in [4.78, 5) is 11.5. The molecule has 0 saturated carbocycles. The van der Waals surface area contributed by atoms with E-state index in [9.17, 15) is 13.2 Å². The molecule has 17 heavy (non-hydrogen) atoms. The number of sulfonamides is 1. The smallest absolute Gasteiger partial charge is 0.235 e. The maximum Gasteiger partial charge on any atom is 0.235 e. The quantitative estimate of drug-likeness (QED) is 0.653. The number of hydrogen-bond acceptors (Lipinski definition) is 4. The first kappa shape index (κ1) is 14.4. The first-order valence-corrected chi connectivity index (χ1v) is 7.50. The lowest BCUT2D eigenvalue weighted by Gasteiger charge is -2.17. The molecule has 0 spiro atoms. The Morgan fingerprint density at radius 3 is 2.76 bits per heavy atom. The number of rotatable bonds is 6. The van der Waals surface area contributed by atoms with E-state index < -0.39 is 10.0 Å². The van der Waals surface area contributed by atoms with Crippen LogP contribution in [0.1, 0.15) is 19.8 Å². The number of nitrogens with zero attached hydrogens (tertiary/aromatic N) is 1. The van der Waals surface area contributed by atoms with Crippen molar-refractivity contribution in [3.63, 3.8) is 0 Å². The molecule has 0 bridgehead atoms. The van der Waals surface area contributed by atoms with Crippen LogP contribution in [-0.4, -0.2) is 57.1 Å². The van der Waals surface area contributed by atoms with Crippen LogP contribution < -0.4 is 10.6 Å². The lowest BCUT2D eigenvalue weighted by atomic mass is 10.2. The van der Waals surface area contributed by atoms with Crippen molar-refractivity contribution in [2.75, 3.05) is 32.4 Å². The summed E-state index contributed by atoms with van der Waals surface area (Å²) < 4.78 is 23.9. The van der Waals surface area contributed by atoms with Gasteiger partial charge in [0, 0.05) is 19.6 Å². The Labute approximate surface area is 103 Å². The highest BCUT2D eigenvalue weighted by Gasteiger charge is 2.19. The predicted octanol–water partition coefficient (Wildman–Crippen LogP) is -0.864. The second kappa shape index (κ2) is 6.32. The first-order valence-electron chi connectivity index (χ1n) is 5.90. The lowest BCUT2D eigenvalue weighted by Crippen LogP contribution is -2.43. The van der Waals surface area contributed by atoms with Crippen LogP contribution in [0.3, 0.4) is 0 Å². The van der Waals surface area contributed by atoms with E-state index in [0.717, 1.165) is 23.7 Å². The van der Waals surface area contributed by atoms with Gasteiger partial charge in [0.25, 0.3) is 0 Å². The molecular formula is C10H21N3O3S. The van der Waals surface area contributed by atoms with Gasteiger partial charge in [-0.05, 0) is 26.3 Å². The normalized spacial score (nSPS) is 20.8. The number of carbonyl (C=O) groups is 1. The summed E-state index contributed by atoms with van der Waals surface area (Å²) in [5.41, 5.74) is 0. The Kier molecular flexibility index (Phi) is 5.35. The summed E-state index contributed by atoms with van der Waals surface area (Å²) in [6, 6.07) is 0.326. The van der Waals surface area contributed by atoms with Crippen LogP contribution in [-0.2, 0) is 14.8 Å². The molecule has 0 aliphatic carbocycles. The van der Waals surface area contributed by atoms with Crippen molar-refractivity contribution >= 4 is 15.9 Å². The van der Waals surface area contributed by atoms with Gasteiger partial charge in [-0.25, -0.2) is 8.42 Å². The van der Waals surface area contributed by atoms with E-state index in [1.165, 1.54) is 7.05 Å². The lowest BCUT2D eigenvalue weighted by molar-refractivity contribution is -0.121. The fourth-order valence-electron chi connectivity index (χ4n) is 1.74. The molecule has 1 rings (SSSR count). The Balaban J connectivity index is 2.29. The van der Waals surface area contributed by atoms with Gasteiger partial charge in [0.15, 0.2) is 0 Å². The minimum Gasteiger partial charge on any atom is -0.353 e. The summed E-state index contributed by atoms with van der Waals surface area (Å²) in [7, 11) is -1.85. The molecular weight excluding hydrogens is 242 g/mol. The van der Waals surface area contributed by atoms with E-state index in [2.05, 4.69) is 10.6 Å². The maximum absolute atomic E-state index is 11.5. The van der Waals surface area contributed by atoms with Crippen LogP contribution in [0.2, 0.25) is 0 Å². The SMILES string of the molecule is CCS(=O)(=O)N(C)CC(=O)NCC1CCCN1. The van der Waals surface area contributed by atoms with E-state index in [1.54, 1.807) is 6.92 Å². The molecule has 1 saturated heterocycles. The van der Waals surface area contributed by atoms with Gasteiger partial charge in [0.05, 0.1) is 12.3 Å². The number of carbonyl (C=O) groups excluding carboxylic acids is 1. The molecule has 7 heteroatoms. The zero-order valence-corrected chi connectivity index (χ0v) is 11.2. The average Bonchev–Trinajstić information content (AvgIpc) is 2.79. The van der Waals surface area contributed by atoms with Crippen LogP contribution in [0, 0.1) is 0 Å². The van der Waals surface area contributed by atoms with E-state index in [0.29, 0.717) is 12.6 Å². The zero-order chi connectivity index (χ0) is 12.9. The Bertz CT molecular complexity index is 350. The van der Waals surface area contributed by atoms with Crippen LogP contribution in [0.4, 0.5) is 0 Å². The summed E-state index contributed by atoms with van der Waals surface area (Å²) in [6.07, 6.45) is 2.19. The highest BCUT2D eigenvalue weighted by atomic mass is 32.2. The highest BCUT2D eigenvalue weighted by Crippen LogP contribution is 2.03.